The smallest absolute Gasteiger partial charge is 0.318 e. The van der Waals surface area contributed by atoms with Gasteiger partial charge in [0.05, 0.1) is 0 Å². The minimum Gasteiger partial charge on any atom is -0.481 e. The molecule has 1 heterocycles. The van der Waals surface area contributed by atoms with Crippen LogP contribution in [0.15, 0.2) is 42.5 Å². The predicted molar refractivity (Wildman–Crippen MR) is 96.3 cm³/mol. The van der Waals surface area contributed by atoms with Crippen LogP contribution in [0.25, 0.3) is 0 Å². The number of hydrogen-bond acceptors (Lipinski definition) is 4. The lowest BCUT2D eigenvalue weighted by Crippen LogP contribution is -2.21. The molecule has 5 nitrogen and oxygen atoms in total. The van der Waals surface area contributed by atoms with Crippen LogP contribution >= 0.6 is 0 Å². The van der Waals surface area contributed by atoms with E-state index in [1.165, 1.54) is 0 Å². The molecule has 0 aromatic heterocycles. The first kappa shape index (κ1) is 18.0. The molecule has 0 bridgehead atoms. The number of carboxylic acid groups (broad SMARTS) is 1. The predicted octanol–water partition coefficient (Wildman–Crippen LogP) is 4.49. The highest BCUT2D eigenvalue weighted by Gasteiger charge is 2.33. The van der Waals surface area contributed by atoms with E-state index in [4.69, 9.17) is 14.6 Å². The van der Waals surface area contributed by atoms with Crippen molar-refractivity contribution in [2.24, 2.45) is 5.41 Å². The molecule has 2 aromatic rings. The average molecular weight is 354 g/mol. The average Bonchev–Trinajstić information content (AvgIpc) is 2.52. The van der Waals surface area contributed by atoms with E-state index in [0.717, 1.165) is 23.1 Å². The molecule has 1 atom stereocenters. The van der Waals surface area contributed by atoms with Crippen LogP contribution in [0.3, 0.4) is 0 Å². The zero-order valence-corrected chi connectivity index (χ0v) is 15.1. The third-order valence-corrected chi connectivity index (χ3v) is 4.11. The van der Waals surface area contributed by atoms with Crippen molar-refractivity contribution < 1.29 is 24.2 Å². The molecule has 5 heteroatoms. The van der Waals surface area contributed by atoms with Crippen molar-refractivity contribution in [1.29, 1.82) is 0 Å². The monoisotopic (exact) mass is 354 g/mol. The first-order valence-corrected chi connectivity index (χ1v) is 8.54. The summed E-state index contributed by atoms with van der Waals surface area (Å²) in [4.78, 5) is 23.0. The minimum absolute atomic E-state index is 0.0295. The van der Waals surface area contributed by atoms with E-state index >= 15 is 0 Å². The van der Waals surface area contributed by atoms with Gasteiger partial charge in [-0.3, -0.25) is 9.59 Å². The minimum atomic E-state index is -1.21. The fourth-order valence-electron chi connectivity index (χ4n) is 3.18. The number of carbonyl (C=O) groups excluding carboxylic acids is 1. The van der Waals surface area contributed by atoms with Crippen LogP contribution in [0.2, 0.25) is 0 Å². The maximum atomic E-state index is 12.1. The van der Waals surface area contributed by atoms with Crippen LogP contribution in [-0.4, -0.2) is 17.0 Å². The van der Waals surface area contributed by atoms with Gasteiger partial charge in [-0.05, 0) is 29.5 Å². The molecule has 1 aliphatic rings. The molecule has 0 saturated carbocycles. The molecule has 136 valence electrons. The lowest BCUT2D eigenvalue weighted by atomic mass is 9.83. The Hall–Kier alpha value is -2.82. The van der Waals surface area contributed by atoms with Gasteiger partial charge in [0.1, 0.15) is 17.9 Å². The topological polar surface area (TPSA) is 72.8 Å². The molecule has 1 aliphatic heterocycles. The van der Waals surface area contributed by atoms with Crippen molar-refractivity contribution >= 4 is 11.9 Å². The molecular weight excluding hydrogens is 332 g/mol. The Morgan fingerprint density at radius 1 is 1.08 bits per heavy atom. The molecule has 0 spiro atoms. The number of carboxylic acids is 1. The number of esters is 1. The van der Waals surface area contributed by atoms with Crippen molar-refractivity contribution in [1.82, 2.24) is 0 Å². The van der Waals surface area contributed by atoms with Gasteiger partial charge in [-0.2, -0.15) is 0 Å². The highest BCUT2D eigenvalue weighted by molar-refractivity contribution is 5.90. The van der Waals surface area contributed by atoms with Gasteiger partial charge in [-0.25, -0.2) is 0 Å². The summed E-state index contributed by atoms with van der Waals surface area (Å²) in [5.74, 6) is -0.728. The molecule has 0 amide bonds. The van der Waals surface area contributed by atoms with Crippen LogP contribution in [0.1, 0.15) is 50.0 Å². The van der Waals surface area contributed by atoms with Gasteiger partial charge in [0.15, 0.2) is 6.10 Å². The van der Waals surface area contributed by atoms with Gasteiger partial charge in [0.2, 0.25) is 0 Å². The van der Waals surface area contributed by atoms with Crippen LogP contribution < -0.4 is 4.74 Å². The van der Waals surface area contributed by atoms with Gasteiger partial charge in [-0.1, -0.05) is 51.1 Å². The Morgan fingerprint density at radius 2 is 1.77 bits per heavy atom. The summed E-state index contributed by atoms with van der Waals surface area (Å²) in [6.07, 6.45) is -0.578. The zero-order valence-electron chi connectivity index (χ0n) is 15.1. The second-order valence-corrected chi connectivity index (χ2v) is 7.65. The normalized spacial score (nSPS) is 15.4. The second-order valence-electron chi connectivity index (χ2n) is 7.65. The number of aliphatic carboxylic acids is 1. The number of benzene rings is 2. The number of hydrogen-bond donors (Lipinski definition) is 1. The Kier molecular flexibility index (Phi) is 4.72. The third kappa shape index (κ3) is 3.87. The number of para-hydroxylation sites is 1. The van der Waals surface area contributed by atoms with Crippen LogP contribution in [0, 0.1) is 5.41 Å². The standard InChI is InChI=1S/C21H22O5/c1-21(2,3)12-13-7-6-10-16-19(13)20(26-18(24)11-17(22)23)14-8-4-5-9-15(14)25-16/h4-10,20H,11-12H2,1-3H3,(H,22,23). The van der Waals surface area contributed by atoms with Crippen molar-refractivity contribution in [3.8, 4) is 11.5 Å². The molecule has 0 saturated heterocycles. The highest BCUT2D eigenvalue weighted by Crippen LogP contribution is 2.47. The molecule has 1 unspecified atom stereocenters. The Labute approximate surface area is 152 Å². The molecule has 2 aromatic carbocycles. The molecule has 0 radical (unpaired) electrons. The first-order valence-electron chi connectivity index (χ1n) is 8.54. The summed E-state index contributed by atoms with van der Waals surface area (Å²) in [7, 11) is 0. The second kappa shape index (κ2) is 6.83. The maximum absolute atomic E-state index is 12.1. The van der Waals surface area contributed by atoms with Gasteiger partial charge < -0.3 is 14.6 Å². The molecule has 26 heavy (non-hydrogen) atoms. The SMILES string of the molecule is CC(C)(C)Cc1cccc2c1C(OC(=O)CC(=O)O)c1ccccc1O2. The Morgan fingerprint density at radius 3 is 2.46 bits per heavy atom. The molecule has 3 rings (SSSR count). The summed E-state index contributed by atoms with van der Waals surface area (Å²) in [6, 6.07) is 13.1. The maximum Gasteiger partial charge on any atom is 0.318 e. The molecule has 0 aliphatic carbocycles. The lowest BCUT2D eigenvalue weighted by Gasteiger charge is -2.31. The molecular formula is C21H22O5. The summed E-state index contributed by atoms with van der Waals surface area (Å²) < 4.78 is 11.6. The van der Waals surface area contributed by atoms with E-state index in [9.17, 15) is 9.59 Å². The number of fused-ring (bicyclic) bond motifs is 2. The van der Waals surface area contributed by atoms with Crippen LogP contribution in [0.4, 0.5) is 0 Å². The summed E-state index contributed by atoms with van der Waals surface area (Å²) >= 11 is 0. The van der Waals surface area contributed by atoms with E-state index in [1.807, 2.05) is 42.5 Å². The van der Waals surface area contributed by atoms with Crippen molar-refractivity contribution in [2.75, 3.05) is 0 Å². The van der Waals surface area contributed by atoms with Gasteiger partial charge >= 0.3 is 11.9 Å². The zero-order chi connectivity index (χ0) is 18.9. The first-order chi connectivity index (χ1) is 12.2. The quantitative estimate of drug-likeness (QED) is 0.647. The van der Waals surface area contributed by atoms with Gasteiger partial charge in [0, 0.05) is 11.1 Å². The van der Waals surface area contributed by atoms with Gasteiger partial charge in [-0.15, -0.1) is 0 Å². The highest BCUT2D eigenvalue weighted by atomic mass is 16.6. The van der Waals surface area contributed by atoms with Crippen LogP contribution in [0.5, 0.6) is 11.5 Å². The largest absolute Gasteiger partial charge is 0.481 e. The van der Waals surface area contributed by atoms with Crippen molar-refractivity contribution in [2.45, 2.75) is 39.7 Å². The number of ether oxygens (including phenoxy) is 2. The van der Waals surface area contributed by atoms with E-state index < -0.39 is 24.5 Å². The lowest BCUT2D eigenvalue weighted by molar-refractivity contribution is -0.154. The fraction of sp³-hybridized carbons (Fsp3) is 0.333. The van der Waals surface area contributed by atoms with E-state index in [1.54, 1.807) is 0 Å². The fourth-order valence-corrected chi connectivity index (χ4v) is 3.18. The third-order valence-electron chi connectivity index (χ3n) is 4.11. The molecule has 1 N–H and O–H groups in total. The molecule has 0 fully saturated rings. The summed E-state index contributed by atoms with van der Waals surface area (Å²) in [6.45, 7) is 6.40. The van der Waals surface area contributed by atoms with E-state index in [-0.39, 0.29) is 5.41 Å². The Bertz CT molecular complexity index is 848. The Balaban J connectivity index is 2.07. The van der Waals surface area contributed by atoms with Crippen molar-refractivity contribution in [3.05, 3.63) is 59.2 Å². The summed E-state index contributed by atoms with van der Waals surface area (Å²) in [5, 5.41) is 8.89. The van der Waals surface area contributed by atoms with E-state index in [0.29, 0.717) is 11.5 Å². The van der Waals surface area contributed by atoms with E-state index in [2.05, 4.69) is 20.8 Å². The van der Waals surface area contributed by atoms with Crippen molar-refractivity contribution in [3.63, 3.8) is 0 Å². The number of carbonyl (C=O) groups is 2. The summed E-state index contributed by atoms with van der Waals surface area (Å²) in [5.41, 5.74) is 2.57. The number of rotatable bonds is 4. The van der Waals surface area contributed by atoms with Gasteiger partial charge in [0.25, 0.3) is 0 Å². The van der Waals surface area contributed by atoms with Crippen LogP contribution in [-0.2, 0) is 20.7 Å².